The number of fused-ring (bicyclic) bond motifs is 1. The Kier molecular flexibility index (Phi) is 3.29. The number of halogens is 2. The highest BCUT2D eigenvalue weighted by atomic mass is 19.2. The molecule has 3 rings (SSSR count). The van der Waals surface area contributed by atoms with Crippen LogP contribution in [0.25, 0.3) is 16.6 Å². The summed E-state index contributed by atoms with van der Waals surface area (Å²) in [6.07, 6.45) is 2.41. The molecule has 0 fully saturated rings. The molecule has 116 valence electrons. The van der Waals surface area contributed by atoms with Crippen LogP contribution in [0.2, 0.25) is 0 Å². The molecule has 6 nitrogen and oxygen atoms in total. The second-order valence-corrected chi connectivity index (χ2v) is 4.77. The van der Waals surface area contributed by atoms with Gasteiger partial charge in [0.05, 0.1) is 16.6 Å². The summed E-state index contributed by atoms with van der Waals surface area (Å²) in [4.78, 5) is 27.2. The number of carboxylic acid groups (broad SMARTS) is 1. The molecule has 0 radical (unpaired) electrons. The fourth-order valence-corrected chi connectivity index (χ4v) is 2.27. The Morgan fingerprint density at radius 1 is 1.22 bits per heavy atom. The highest BCUT2D eigenvalue weighted by molar-refractivity contribution is 5.93. The van der Waals surface area contributed by atoms with Gasteiger partial charge in [0.15, 0.2) is 11.6 Å². The molecule has 3 N–H and O–H groups in total. The summed E-state index contributed by atoms with van der Waals surface area (Å²) in [5.74, 6) is -3.72. The standard InChI is InChI=1S/C15H9F2N3O3/c16-10-4-8-12(5-11(10)17)20(6-9(14(8)21)15(22)23)7-1-2-19-13(18)3-7/h1-6H,(H2,18,19)(H,22,23). The van der Waals surface area contributed by atoms with Crippen LogP contribution in [0.5, 0.6) is 0 Å². The van der Waals surface area contributed by atoms with Crippen LogP contribution in [0.3, 0.4) is 0 Å². The van der Waals surface area contributed by atoms with Crippen molar-refractivity contribution in [2.45, 2.75) is 0 Å². The van der Waals surface area contributed by atoms with Crippen LogP contribution < -0.4 is 11.2 Å². The number of anilines is 1. The van der Waals surface area contributed by atoms with Gasteiger partial charge in [0, 0.05) is 24.5 Å². The lowest BCUT2D eigenvalue weighted by Gasteiger charge is -2.13. The molecular formula is C15H9F2N3O3. The van der Waals surface area contributed by atoms with E-state index in [-0.39, 0.29) is 16.7 Å². The van der Waals surface area contributed by atoms with Crippen LogP contribution >= 0.6 is 0 Å². The average Bonchev–Trinajstić information content (AvgIpc) is 2.49. The van der Waals surface area contributed by atoms with Crippen molar-refractivity contribution in [1.82, 2.24) is 9.55 Å². The second kappa shape index (κ2) is 5.16. The first-order valence-electron chi connectivity index (χ1n) is 6.38. The molecule has 8 heteroatoms. The minimum atomic E-state index is -1.47. The zero-order valence-corrected chi connectivity index (χ0v) is 11.5. The Bertz CT molecular complexity index is 1010. The van der Waals surface area contributed by atoms with Crippen LogP contribution in [0.4, 0.5) is 14.6 Å². The van der Waals surface area contributed by atoms with Gasteiger partial charge >= 0.3 is 5.97 Å². The maximum Gasteiger partial charge on any atom is 0.341 e. The molecule has 0 aliphatic heterocycles. The molecule has 0 bridgehead atoms. The van der Waals surface area contributed by atoms with Crippen molar-refractivity contribution >= 4 is 22.7 Å². The van der Waals surface area contributed by atoms with Crippen molar-refractivity contribution in [1.29, 1.82) is 0 Å². The molecule has 0 saturated heterocycles. The third-order valence-corrected chi connectivity index (χ3v) is 3.32. The number of nitrogens with zero attached hydrogens (tertiary/aromatic N) is 2. The zero-order chi connectivity index (χ0) is 16.7. The summed E-state index contributed by atoms with van der Waals surface area (Å²) in [5, 5.41) is 8.91. The van der Waals surface area contributed by atoms with Crippen LogP contribution in [-0.2, 0) is 0 Å². The molecule has 23 heavy (non-hydrogen) atoms. The lowest BCUT2D eigenvalue weighted by molar-refractivity contribution is 0.0695. The number of aromatic carboxylic acids is 1. The number of carbonyl (C=O) groups is 1. The molecular weight excluding hydrogens is 308 g/mol. The molecule has 2 aromatic heterocycles. The molecule has 0 atom stereocenters. The van der Waals surface area contributed by atoms with Crippen molar-refractivity contribution in [3.05, 3.63) is 64.1 Å². The quantitative estimate of drug-likeness (QED) is 0.752. The summed E-state index contributed by atoms with van der Waals surface area (Å²) in [7, 11) is 0. The van der Waals surface area contributed by atoms with Gasteiger partial charge in [0.2, 0.25) is 5.43 Å². The van der Waals surface area contributed by atoms with E-state index in [9.17, 15) is 18.4 Å². The van der Waals surface area contributed by atoms with Crippen LogP contribution in [-0.4, -0.2) is 20.6 Å². The van der Waals surface area contributed by atoms with Crippen LogP contribution in [0.15, 0.2) is 41.5 Å². The minimum absolute atomic E-state index is 0.0181. The average molecular weight is 317 g/mol. The first-order chi connectivity index (χ1) is 10.9. The predicted octanol–water partition coefficient (Wildman–Crippen LogP) is 1.94. The fourth-order valence-electron chi connectivity index (χ4n) is 2.27. The summed E-state index contributed by atoms with van der Waals surface area (Å²) in [6, 6.07) is 4.42. The number of hydrogen-bond acceptors (Lipinski definition) is 4. The van der Waals surface area contributed by atoms with E-state index in [0.29, 0.717) is 11.8 Å². The molecule has 1 aromatic carbocycles. The Balaban J connectivity index is 2.49. The van der Waals surface area contributed by atoms with E-state index < -0.39 is 28.6 Å². The summed E-state index contributed by atoms with van der Waals surface area (Å²) >= 11 is 0. The van der Waals surface area contributed by atoms with E-state index in [1.807, 2.05) is 0 Å². The van der Waals surface area contributed by atoms with E-state index in [2.05, 4.69) is 4.98 Å². The molecule has 2 heterocycles. The Morgan fingerprint density at radius 2 is 1.91 bits per heavy atom. The van der Waals surface area contributed by atoms with Crippen molar-refractivity contribution < 1.29 is 18.7 Å². The van der Waals surface area contributed by atoms with Crippen molar-refractivity contribution in [3.63, 3.8) is 0 Å². The molecule has 0 saturated carbocycles. The van der Waals surface area contributed by atoms with Gasteiger partial charge in [-0.15, -0.1) is 0 Å². The monoisotopic (exact) mass is 317 g/mol. The second-order valence-electron chi connectivity index (χ2n) is 4.77. The third kappa shape index (κ3) is 2.39. The zero-order valence-electron chi connectivity index (χ0n) is 11.5. The highest BCUT2D eigenvalue weighted by Crippen LogP contribution is 2.21. The molecule has 0 amide bonds. The Labute approximate surface area is 127 Å². The SMILES string of the molecule is Nc1cc(-n2cc(C(=O)O)c(=O)c3cc(F)c(F)cc32)ccn1. The van der Waals surface area contributed by atoms with Gasteiger partial charge in [-0.25, -0.2) is 18.6 Å². The summed E-state index contributed by atoms with van der Waals surface area (Å²) < 4.78 is 28.3. The Morgan fingerprint density at radius 3 is 2.57 bits per heavy atom. The number of hydrogen-bond donors (Lipinski definition) is 2. The van der Waals surface area contributed by atoms with Gasteiger partial charge in [0.25, 0.3) is 0 Å². The summed E-state index contributed by atoms with van der Waals surface area (Å²) in [6.45, 7) is 0. The smallest absolute Gasteiger partial charge is 0.341 e. The van der Waals surface area contributed by atoms with Gasteiger partial charge < -0.3 is 15.4 Å². The number of nitrogens with two attached hydrogens (primary N) is 1. The first kappa shape index (κ1) is 14.6. The topological polar surface area (TPSA) is 98.2 Å². The Hall–Kier alpha value is -3.29. The van der Waals surface area contributed by atoms with E-state index in [1.54, 1.807) is 0 Å². The highest BCUT2D eigenvalue weighted by Gasteiger charge is 2.17. The predicted molar refractivity (Wildman–Crippen MR) is 78.6 cm³/mol. The van der Waals surface area contributed by atoms with Gasteiger partial charge in [-0.2, -0.15) is 0 Å². The van der Waals surface area contributed by atoms with Gasteiger partial charge in [-0.3, -0.25) is 4.79 Å². The number of nitrogen functional groups attached to an aromatic ring is 1. The van der Waals surface area contributed by atoms with Crippen LogP contribution in [0.1, 0.15) is 10.4 Å². The molecule has 0 unspecified atom stereocenters. The van der Waals surface area contributed by atoms with E-state index in [1.165, 1.54) is 22.9 Å². The van der Waals surface area contributed by atoms with E-state index >= 15 is 0 Å². The molecule has 0 aliphatic carbocycles. The number of rotatable bonds is 2. The number of benzene rings is 1. The first-order valence-corrected chi connectivity index (χ1v) is 6.38. The van der Waals surface area contributed by atoms with Crippen molar-refractivity contribution in [2.75, 3.05) is 5.73 Å². The molecule has 0 spiro atoms. The number of aromatic nitrogens is 2. The lowest BCUT2D eigenvalue weighted by Crippen LogP contribution is -2.19. The molecule has 3 aromatic rings. The van der Waals surface area contributed by atoms with Crippen LogP contribution in [0, 0.1) is 11.6 Å². The minimum Gasteiger partial charge on any atom is -0.477 e. The van der Waals surface area contributed by atoms with E-state index in [4.69, 9.17) is 10.8 Å². The summed E-state index contributed by atoms with van der Waals surface area (Å²) in [5.41, 5.74) is 4.49. The largest absolute Gasteiger partial charge is 0.477 e. The lowest BCUT2D eigenvalue weighted by atomic mass is 10.1. The van der Waals surface area contributed by atoms with Crippen molar-refractivity contribution in [2.24, 2.45) is 0 Å². The number of carboxylic acids is 1. The maximum absolute atomic E-state index is 13.6. The number of pyridine rings is 2. The van der Waals surface area contributed by atoms with Gasteiger partial charge in [0.1, 0.15) is 11.4 Å². The normalized spacial score (nSPS) is 10.9. The van der Waals surface area contributed by atoms with Gasteiger partial charge in [-0.05, 0) is 12.1 Å². The fraction of sp³-hybridized carbons (Fsp3) is 0. The van der Waals surface area contributed by atoms with Crippen molar-refractivity contribution in [3.8, 4) is 5.69 Å². The maximum atomic E-state index is 13.6. The third-order valence-electron chi connectivity index (χ3n) is 3.32. The van der Waals surface area contributed by atoms with Gasteiger partial charge in [-0.1, -0.05) is 0 Å². The molecule has 0 aliphatic rings. The van der Waals surface area contributed by atoms with E-state index in [0.717, 1.165) is 12.3 Å².